The Morgan fingerprint density at radius 2 is 1.80 bits per heavy atom. The Hall–Kier alpha value is -1.22. The van der Waals surface area contributed by atoms with Crippen molar-refractivity contribution in [2.75, 3.05) is 45.6 Å². The first-order valence-electron chi connectivity index (χ1n) is 8.58. The maximum absolute atomic E-state index is 12.8. The lowest BCUT2D eigenvalue weighted by Crippen LogP contribution is -3.06. The molecule has 8 heteroatoms. The first-order chi connectivity index (χ1) is 11.6. The number of hydrogen-bond acceptors (Lipinski definition) is 3. The normalized spacial score (nSPS) is 11.8. The molecule has 0 spiro atoms. The number of hydrogen-bond donors (Lipinski definition) is 3. The number of thiocarbonyl (C=S) groups is 1. The van der Waals surface area contributed by atoms with Crippen molar-refractivity contribution in [3.05, 3.63) is 23.3 Å². The molecule has 0 bridgehead atoms. The largest absolute Gasteiger partial charge is 0.357 e. The smallest absolute Gasteiger partial charge is 0.243 e. The highest BCUT2D eigenvalue weighted by molar-refractivity contribution is 7.89. The maximum atomic E-state index is 12.8. The van der Waals surface area contributed by atoms with Crippen molar-refractivity contribution in [1.29, 1.82) is 0 Å². The van der Waals surface area contributed by atoms with Crippen molar-refractivity contribution in [3.63, 3.8) is 0 Å². The fourth-order valence-electron chi connectivity index (χ4n) is 2.41. The molecule has 1 rings (SSSR count). The number of benzene rings is 1. The molecule has 0 aliphatic rings. The van der Waals surface area contributed by atoms with Gasteiger partial charge in [0.2, 0.25) is 10.0 Å². The minimum Gasteiger partial charge on any atom is -0.357 e. The zero-order valence-corrected chi connectivity index (χ0v) is 17.7. The second kappa shape index (κ2) is 9.47. The van der Waals surface area contributed by atoms with Gasteiger partial charge in [0.1, 0.15) is 0 Å². The van der Waals surface area contributed by atoms with E-state index in [-0.39, 0.29) is 0 Å². The van der Waals surface area contributed by atoms with Gasteiger partial charge in [-0.05, 0) is 49.3 Å². The molecule has 0 unspecified atom stereocenters. The quantitative estimate of drug-likeness (QED) is 0.575. The van der Waals surface area contributed by atoms with Crippen LogP contribution in [-0.2, 0) is 10.0 Å². The van der Waals surface area contributed by atoms with Crippen molar-refractivity contribution < 1.29 is 13.3 Å². The van der Waals surface area contributed by atoms with E-state index in [1.165, 1.54) is 9.21 Å². The second-order valence-electron chi connectivity index (χ2n) is 6.34. The zero-order valence-electron chi connectivity index (χ0n) is 16.1. The summed E-state index contributed by atoms with van der Waals surface area (Å²) in [6.45, 7) is 10.1. The molecule has 0 radical (unpaired) electrons. The van der Waals surface area contributed by atoms with E-state index in [1.54, 1.807) is 12.1 Å². The van der Waals surface area contributed by atoms with Crippen LogP contribution in [0, 0.1) is 13.8 Å². The number of sulfonamides is 1. The van der Waals surface area contributed by atoms with Gasteiger partial charge in [-0.3, -0.25) is 0 Å². The third kappa shape index (κ3) is 5.91. The van der Waals surface area contributed by atoms with Gasteiger partial charge < -0.3 is 15.5 Å². The lowest BCUT2D eigenvalue weighted by Gasteiger charge is -2.21. The van der Waals surface area contributed by atoms with Gasteiger partial charge in [0, 0.05) is 18.8 Å². The van der Waals surface area contributed by atoms with Gasteiger partial charge in [-0.15, -0.1) is 0 Å². The van der Waals surface area contributed by atoms with Crippen LogP contribution in [0.5, 0.6) is 0 Å². The van der Waals surface area contributed by atoms with Gasteiger partial charge in [-0.25, -0.2) is 8.42 Å². The van der Waals surface area contributed by atoms with Crippen LogP contribution < -0.4 is 15.5 Å². The van der Waals surface area contributed by atoms with E-state index in [2.05, 4.69) is 24.7 Å². The van der Waals surface area contributed by atoms with E-state index < -0.39 is 10.0 Å². The summed E-state index contributed by atoms with van der Waals surface area (Å²) in [5, 5.41) is 6.79. The van der Waals surface area contributed by atoms with Crippen molar-refractivity contribution in [2.24, 2.45) is 0 Å². The van der Waals surface area contributed by atoms with Gasteiger partial charge in [-0.1, -0.05) is 13.8 Å². The second-order valence-corrected chi connectivity index (χ2v) is 8.69. The van der Waals surface area contributed by atoms with E-state index in [0.717, 1.165) is 29.9 Å². The Morgan fingerprint density at radius 3 is 2.32 bits per heavy atom. The predicted molar refractivity (Wildman–Crippen MR) is 108 cm³/mol. The standard InChI is InChI=1S/C17H30N4O2S2/c1-7-21(8-2)25(22,23)15-11-13(3)14(4)16(12-15)19-17(24)18-9-10-20(5)6/h11-12H,7-10H2,1-6H3,(H2,18,19,24)/p+1. The summed E-state index contributed by atoms with van der Waals surface area (Å²) in [5.74, 6) is 0. The highest BCUT2D eigenvalue weighted by Gasteiger charge is 2.23. The van der Waals surface area contributed by atoms with Crippen molar-refractivity contribution in [2.45, 2.75) is 32.6 Å². The number of anilines is 1. The van der Waals surface area contributed by atoms with Crippen LogP contribution >= 0.6 is 12.2 Å². The topological polar surface area (TPSA) is 65.9 Å². The van der Waals surface area contributed by atoms with Crippen LogP contribution in [0.4, 0.5) is 5.69 Å². The molecule has 0 saturated heterocycles. The fraction of sp³-hybridized carbons (Fsp3) is 0.588. The maximum Gasteiger partial charge on any atom is 0.243 e. The van der Waals surface area contributed by atoms with Crippen LogP contribution in [-0.4, -0.2) is 58.1 Å². The summed E-state index contributed by atoms with van der Waals surface area (Å²) in [6.07, 6.45) is 0. The predicted octanol–water partition coefficient (Wildman–Crippen LogP) is 0.765. The molecular formula is C17H31N4O2S2+. The summed E-state index contributed by atoms with van der Waals surface area (Å²) in [7, 11) is 0.653. The first-order valence-corrected chi connectivity index (χ1v) is 10.4. The molecule has 1 aromatic rings. The molecule has 0 amide bonds. The molecule has 0 aliphatic carbocycles. The molecular weight excluding hydrogens is 356 g/mol. The summed E-state index contributed by atoms with van der Waals surface area (Å²) in [5.41, 5.74) is 2.62. The minimum atomic E-state index is -3.50. The van der Waals surface area contributed by atoms with E-state index in [1.807, 2.05) is 27.7 Å². The molecule has 142 valence electrons. The van der Waals surface area contributed by atoms with Crippen molar-refractivity contribution in [1.82, 2.24) is 9.62 Å². The summed E-state index contributed by atoms with van der Waals surface area (Å²) in [4.78, 5) is 1.62. The molecule has 3 N–H and O–H groups in total. The Morgan fingerprint density at radius 1 is 1.20 bits per heavy atom. The van der Waals surface area contributed by atoms with Gasteiger partial charge in [0.05, 0.1) is 32.1 Å². The SMILES string of the molecule is CCN(CC)S(=O)(=O)c1cc(C)c(C)c(NC(=S)NCC[NH+](C)C)c1. The third-order valence-electron chi connectivity index (χ3n) is 4.14. The van der Waals surface area contributed by atoms with Crippen LogP contribution in [0.25, 0.3) is 0 Å². The number of quaternary nitrogens is 1. The lowest BCUT2D eigenvalue weighted by molar-refractivity contribution is -0.856. The number of likely N-dealkylation sites (N-methyl/N-ethyl adjacent to an activating group) is 1. The van der Waals surface area contributed by atoms with Crippen molar-refractivity contribution >= 4 is 33.0 Å². The Balaban J connectivity index is 3.06. The van der Waals surface area contributed by atoms with Crippen LogP contribution in [0.1, 0.15) is 25.0 Å². The van der Waals surface area contributed by atoms with Crippen molar-refractivity contribution in [3.8, 4) is 0 Å². The van der Waals surface area contributed by atoms with Gasteiger partial charge in [0.25, 0.3) is 0 Å². The average molecular weight is 388 g/mol. The molecule has 0 fully saturated rings. The average Bonchev–Trinajstić information content (AvgIpc) is 2.52. The third-order valence-corrected chi connectivity index (χ3v) is 6.42. The van der Waals surface area contributed by atoms with Gasteiger partial charge in [0.15, 0.2) is 5.11 Å². The highest BCUT2D eigenvalue weighted by atomic mass is 32.2. The molecule has 25 heavy (non-hydrogen) atoms. The number of nitrogens with zero attached hydrogens (tertiary/aromatic N) is 1. The summed E-state index contributed by atoms with van der Waals surface area (Å²) in [6, 6.07) is 3.39. The van der Waals surface area contributed by atoms with Crippen LogP contribution in [0.15, 0.2) is 17.0 Å². The zero-order chi connectivity index (χ0) is 19.2. The first kappa shape index (κ1) is 21.8. The van der Waals surface area contributed by atoms with Gasteiger partial charge in [-0.2, -0.15) is 4.31 Å². The Bertz CT molecular complexity index is 699. The van der Waals surface area contributed by atoms with Crippen LogP contribution in [0.2, 0.25) is 0 Å². The number of nitrogens with one attached hydrogen (secondary N) is 3. The summed E-state index contributed by atoms with van der Waals surface area (Å²) >= 11 is 5.33. The molecule has 0 aliphatic heterocycles. The van der Waals surface area contributed by atoms with E-state index in [9.17, 15) is 8.42 Å². The fourth-order valence-corrected chi connectivity index (χ4v) is 4.19. The monoisotopic (exact) mass is 387 g/mol. The molecule has 0 aromatic heterocycles. The Kier molecular flexibility index (Phi) is 8.27. The highest BCUT2D eigenvalue weighted by Crippen LogP contribution is 2.26. The number of aryl methyl sites for hydroxylation is 1. The lowest BCUT2D eigenvalue weighted by atomic mass is 10.1. The van der Waals surface area contributed by atoms with E-state index >= 15 is 0 Å². The number of rotatable bonds is 8. The van der Waals surface area contributed by atoms with E-state index in [0.29, 0.717) is 23.1 Å². The Labute approximate surface area is 157 Å². The van der Waals surface area contributed by atoms with Gasteiger partial charge >= 0.3 is 0 Å². The van der Waals surface area contributed by atoms with Crippen LogP contribution in [0.3, 0.4) is 0 Å². The molecule has 6 nitrogen and oxygen atoms in total. The minimum absolute atomic E-state index is 0.294. The molecule has 0 saturated carbocycles. The molecule has 0 atom stereocenters. The summed E-state index contributed by atoms with van der Waals surface area (Å²) < 4.78 is 27.0. The van der Waals surface area contributed by atoms with E-state index in [4.69, 9.17) is 12.2 Å². The molecule has 0 heterocycles. The molecule has 1 aromatic carbocycles.